The predicted octanol–water partition coefficient (Wildman–Crippen LogP) is 7.65. The molecule has 0 aromatic heterocycles. The second-order valence-electron chi connectivity index (χ2n) is 3.93. The van der Waals surface area contributed by atoms with Crippen LogP contribution in [0, 0.1) is 5.82 Å². The summed E-state index contributed by atoms with van der Waals surface area (Å²) >= 11 is 33.5. The summed E-state index contributed by atoms with van der Waals surface area (Å²) in [6.07, 6.45) is 0. The first-order valence-corrected chi connectivity index (χ1v) is 8.25. The molecule has 0 saturated heterocycles. The highest BCUT2D eigenvalue weighted by Crippen LogP contribution is 2.48. The topological polar surface area (TPSA) is 0 Å². The van der Waals surface area contributed by atoms with Gasteiger partial charge < -0.3 is 0 Å². The lowest BCUT2D eigenvalue weighted by atomic mass is 10.0. The Morgan fingerprint density at radius 3 is 1.80 bits per heavy atom. The molecule has 0 aliphatic rings. The number of halogens is 7. The molecule has 20 heavy (non-hydrogen) atoms. The summed E-state index contributed by atoms with van der Waals surface area (Å²) in [5.74, 6) is -0.411. The number of alkyl halides is 1. The van der Waals surface area contributed by atoms with E-state index in [1.165, 1.54) is 12.1 Å². The molecule has 0 heterocycles. The van der Waals surface area contributed by atoms with E-state index in [-0.39, 0.29) is 25.1 Å². The zero-order chi connectivity index (χ0) is 15.0. The molecule has 0 saturated carbocycles. The Kier molecular flexibility index (Phi) is 5.50. The number of rotatable bonds is 2. The van der Waals surface area contributed by atoms with Crippen molar-refractivity contribution in [2.75, 3.05) is 0 Å². The standard InChI is InChI=1S/C13H5BrCl5F/c14-4-5-1-6(3-7(20)2-5)8-9(15)11(17)13(19)12(18)10(8)16/h1-3H,4H2. The van der Waals surface area contributed by atoms with Crippen molar-refractivity contribution in [3.63, 3.8) is 0 Å². The molecule has 0 N–H and O–H groups in total. The lowest BCUT2D eigenvalue weighted by Gasteiger charge is -2.13. The lowest BCUT2D eigenvalue weighted by molar-refractivity contribution is 0.627. The van der Waals surface area contributed by atoms with E-state index in [0.717, 1.165) is 5.56 Å². The molecule has 2 rings (SSSR count). The van der Waals surface area contributed by atoms with Crippen molar-refractivity contribution in [3.8, 4) is 11.1 Å². The molecule has 0 atom stereocenters. The SMILES string of the molecule is Fc1cc(CBr)cc(-c2c(Cl)c(Cl)c(Cl)c(Cl)c2Cl)c1. The van der Waals surface area contributed by atoms with Crippen LogP contribution in [-0.4, -0.2) is 0 Å². The molecular weight excluding hydrogens is 432 g/mol. The van der Waals surface area contributed by atoms with Crippen molar-refractivity contribution >= 4 is 73.9 Å². The zero-order valence-electron chi connectivity index (χ0n) is 9.58. The highest BCUT2D eigenvalue weighted by molar-refractivity contribution is 9.08. The highest BCUT2D eigenvalue weighted by atomic mass is 79.9. The van der Waals surface area contributed by atoms with Crippen LogP contribution in [0.5, 0.6) is 0 Å². The number of benzene rings is 2. The van der Waals surface area contributed by atoms with Gasteiger partial charge in [0.1, 0.15) is 5.82 Å². The smallest absolute Gasteiger partial charge is 0.124 e. The molecule has 0 unspecified atom stereocenters. The molecule has 2 aromatic carbocycles. The van der Waals surface area contributed by atoms with Gasteiger partial charge in [-0.15, -0.1) is 0 Å². The van der Waals surface area contributed by atoms with Crippen LogP contribution in [0.2, 0.25) is 25.1 Å². The summed E-state index contributed by atoms with van der Waals surface area (Å²) in [5, 5.41) is 1.01. The van der Waals surface area contributed by atoms with Gasteiger partial charge in [0.2, 0.25) is 0 Å². The van der Waals surface area contributed by atoms with Crippen molar-refractivity contribution in [1.82, 2.24) is 0 Å². The summed E-state index contributed by atoms with van der Waals surface area (Å²) in [6.45, 7) is 0. The molecule has 0 bridgehead atoms. The second kappa shape index (κ2) is 6.60. The molecule has 0 radical (unpaired) electrons. The predicted molar refractivity (Wildman–Crippen MR) is 89.5 cm³/mol. The van der Waals surface area contributed by atoms with E-state index >= 15 is 0 Å². The maximum Gasteiger partial charge on any atom is 0.124 e. The van der Waals surface area contributed by atoms with Crippen LogP contribution >= 0.6 is 73.9 Å². The third-order valence-corrected chi connectivity index (χ3v) is 5.53. The molecule has 0 amide bonds. The first-order valence-electron chi connectivity index (χ1n) is 5.24. The van der Waals surface area contributed by atoms with Crippen molar-refractivity contribution in [2.24, 2.45) is 0 Å². The van der Waals surface area contributed by atoms with E-state index in [1.54, 1.807) is 6.07 Å². The minimum absolute atomic E-state index is 0.0733. The maximum atomic E-state index is 13.6. The summed E-state index contributed by atoms with van der Waals surface area (Å²) in [6, 6.07) is 4.45. The Morgan fingerprint density at radius 1 is 0.800 bits per heavy atom. The van der Waals surface area contributed by atoms with E-state index in [1.807, 2.05) is 0 Å². The average Bonchev–Trinajstić information content (AvgIpc) is 2.42. The molecule has 2 aromatic rings. The molecule has 0 nitrogen and oxygen atoms in total. The Hall–Kier alpha value is 0.300. The van der Waals surface area contributed by atoms with Gasteiger partial charge in [-0.2, -0.15) is 0 Å². The number of hydrogen-bond acceptors (Lipinski definition) is 0. The minimum Gasteiger partial charge on any atom is -0.207 e. The fraction of sp³-hybridized carbons (Fsp3) is 0.0769. The molecule has 0 fully saturated rings. The normalized spacial score (nSPS) is 10.9. The van der Waals surface area contributed by atoms with E-state index in [9.17, 15) is 4.39 Å². The van der Waals surface area contributed by atoms with Crippen LogP contribution in [0.25, 0.3) is 11.1 Å². The average molecular weight is 437 g/mol. The van der Waals surface area contributed by atoms with Gasteiger partial charge in [-0.1, -0.05) is 73.9 Å². The lowest BCUT2D eigenvalue weighted by Crippen LogP contribution is -1.90. The second-order valence-corrected chi connectivity index (χ2v) is 6.38. The molecule has 0 spiro atoms. The van der Waals surface area contributed by atoms with Gasteiger partial charge in [0, 0.05) is 10.9 Å². The molecule has 106 valence electrons. The van der Waals surface area contributed by atoms with Crippen LogP contribution < -0.4 is 0 Å². The van der Waals surface area contributed by atoms with E-state index in [4.69, 9.17) is 58.0 Å². The van der Waals surface area contributed by atoms with Crippen LogP contribution in [-0.2, 0) is 5.33 Å². The van der Waals surface area contributed by atoms with Gasteiger partial charge in [0.05, 0.1) is 25.1 Å². The van der Waals surface area contributed by atoms with Gasteiger partial charge in [-0.25, -0.2) is 4.39 Å². The minimum atomic E-state index is -0.411. The van der Waals surface area contributed by atoms with Gasteiger partial charge in [-0.3, -0.25) is 0 Å². The third-order valence-electron chi connectivity index (χ3n) is 2.61. The first kappa shape index (κ1) is 16.7. The monoisotopic (exact) mass is 434 g/mol. The van der Waals surface area contributed by atoms with Gasteiger partial charge in [0.25, 0.3) is 0 Å². The maximum absolute atomic E-state index is 13.6. The molecule has 7 heteroatoms. The Morgan fingerprint density at radius 2 is 1.30 bits per heavy atom. The van der Waals surface area contributed by atoms with E-state index < -0.39 is 5.82 Å². The highest BCUT2D eigenvalue weighted by Gasteiger charge is 2.21. The van der Waals surface area contributed by atoms with Crippen molar-refractivity contribution in [2.45, 2.75) is 5.33 Å². The van der Waals surface area contributed by atoms with Gasteiger partial charge >= 0.3 is 0 Å². The van der Waals surface area contributed by atoms with Gasteiger partial charge in [-0.05, 0) is 29.3 Å². The van der Waals surface area contributed by atoms with Gasteiger partial charge in [0.15, 0.2) is 0 Å². The molecule has 0 aliphatic heterocycles. The summed E-state index contributed by atoms with van der Waals surface area (Å²) in [4.78, 5) is 0. The fourth-order valence-corrected chi connectivity index (χ4v) is 3.41. The van der Waals surface area contributed by atoms with Crippen molar-refractivity contribution < 1.29 is 4.39 Å². The molecular formula is C13H5BrCl5F. The summed E-state index contributed by atoms with van der Waals surface area (Å²) < 4.78 is 13.6. The van der Waals surface area contributed by atoms with Crippen molar-refractivity contribution in [3.05, 3.63) is 54.7 Å². The van der Waals surface area contributed by atoms with Crippen molar-refractivity contribution in [1.29, 1.82) is 0 Å². The first-order chi connectivity index (χ1) is 9.36. The number of hydrogen-bond donors (Lipinski definition) is 0. The third kappa shape index (κ3) is 3.06. The Bertz CT molecular complexity index is 658. The van der Waals surface area contributed by atoms with Crippen LogP contribution in [0.1, 0.15) is 5.56 Å². The quantitative estimate of drug-likeness (QED) is 0.257. The summed E-state index contributed by atoms with van der Waals surface area (Å²) in [5.41, 5.74) is 1.57. The Labute approximate surface area is 148 Å². The van der Waals surface area contributed by atoms with Crippen LogP contribution in [0.4, 0.5) is 4.39 Å². The van der Waals surface area contributed by atoms with Crippen LogP contribution in [0.3, 0.4) is 0 Å². The molecule has 0 aliphatic carbocycles. The summed E-state index contributed by atoms with van der Waals surface area (Å²) in [7, 11) is 0. The Balaban J connectivity index is 2.79. The largest absolute Gasteiger partial charge is 0.207 e. The van der Waals surface area contributed by atoms with E-state index in [0.29, 0.717) is 16.5 Å². The van der Waals surface area contributed by atoms with E-state index in [2.05, 4.69) is 15.9 Å². The zero-order valence-corrected chi connectivity index (χ0v) is 15.0. The fourth-order valence-electron chi connectivity index (χ4n) is 1.73. The van der Waals surface area contributed by atoms with Crippen LogP contribution in [0.15, 0.2) is 18.2 Å².